The molecular formula is C21H27N5O5. The number of carbonyl (C=O) groups is 2. The zero-order valence-corrected chi connectivity index (χ0v) is 17.9. The maximum Gasteiger partial charge on any atom is 0.290 e. The molecule has 3 aliphatic rings. The zero-order chi connectivity index (χ0) is 22.2. The summed E-state index contributed by atoms with van der Waals surface area (Å²) in [7, 11) is 0. The number of hydrogen-bond donors (Lipinski definition) is 2. The van der Waals surface area contributed by atoms with E-state index < -0.39 is 0 Å². The van der Waals surface area contributed by atoms with E-state index in [9.17, 15) is 4.79 Å². The van der Waals surface area contributed by atoms with Crippen LogP contribution in [-0.4, -0.2) is 63.9 Å². The molecule has 5 heterocycles. The quantitative estimate of drug-likeness (QED) is 0.694. The molecular weight excluding hydrogens is 402 g/mol. The highest BCUT2D eigenvalue weighted by atomic mass is 16.5. The minimum atomic E-state index is -0.250. The van der Waals surface area contributed by atoms with Crippen LogP contribution in [0, 0.1) is 32.6 Å². The Morgan fingerprint density at radius 3 is 2.90 bits per heavy atom. The SMILES string of the molecule is Cc1cnc(C)c(N2C[C@@H]3[C@H](CNC(=O)c4cc(C)on4)[C@H]4CC[C@]3(C2)O4)n1.O=CO. The number of aromatic nitrogens is 3. The summed E-state index contributed by atoms with van der Waals surface area (Å²) >= 11 is 0. The van der Waals surface area contributed by atoms with E-state index in [1.54, 1.807) is 19.2 Å². The smallest absolute Gasteiger partial charge is 0.290 e. The second-order valence-corrected chi connectivity index (χ2v) is 8.47. The average molecular weight is 429 g/mol. The summed E-state index contributed by atoms with van der Waals surface area (Å²) in [6.07, 6.45) is 4.15. The fourth-order valence-corrected chi connectivity index (χ4v) is 5.22. The topological polar surface area (TPSA) is 131 Å². The maximum atomic E-state index is 12.4. The number of nitrogens with one attached hydrogen (secondary N) is 1. The molecule has 1 amide bonds. The van der Waals surface area contributed by atoms with E-state index >= 15 is 0 Å². The van der Waals surface area contributed by atoms with Crippen molar-refractivity contribution in [1.82, 2.24) is 20.4 Å². The lowest BCUT2D eigenvalue weighted by molar-refractivity contribution is -0.122. The highest BCUT2D eigenvalue weighted by molar-refractivity contribution is 5.92. The molecule has 0 saturated carbocycles. The molecule has 2 aromatic heterocycles. The largest absolute Gasteiger partial charge is 0.483 e. The molecule has 4 atom stereocenters. The van der Waals surface area contributed by atoms with E-state index in [-0.39, 0.29) is 24.1 Å². The van der Waals surface area contributed by atoms with Crippen molar-refractivity contribution in [3.8, 4) is 0 Å². The Labute approximate surface area is 180 Å². The highest BCUT2D eigenvalue weighted by Gasteiger charge is 2.63. The molecule has 10 heteroatoms. The van der Waals surface area contributed by atoms with Crippen LogP contribution in [0.15, 0.2) is 16.8 Å². The number of fused-ring (bicyclic) bond motifs is 1. The van der Waals surface area contributed by atoms with Crippen LogP contribution in [0.4, 0.5) is 5.82 Å². The lowest BCUT2D eigenvalue weighted by Gasteiger charge is -2.29. The van der Waals surface area contributed by atoms with Gasteiger partial charge in [0.1, 0.15) is 11.6 Å². The number of anilines is 1. The summed E-state index contributed by atoms with van der Waals surface area (Å²) in [6, 6.07) is 1.66. The predicted octanol–water partition coefficient (Wildman–Crippen LogP) is 1.50. The van der Waals surface area contributed by atoms with Crippen LogP contribution in [0.5, 0.6) is 0 Å². The lowest BCUT2D eigenvalue weighted by atomic mass is 9.73. The molecule has 0 unspecified atom stereocenters. The van der Waals surface area contributed by atoms with Crippen molar-refractivity contribution in [1.29, 1.82) is 0 Å². The number of ether oxygens (including phenoxy) is 1. The molecule has 3 aliphatic heterocycles. The Balaban J connectivity index is 0.000000730. The van der Waals surface area contributed by atoms with Crippen LogP contribution < -0.4 is 10.2 Å². The van der Waals surface area contributed by atoms with Gasteiger partial charge < -0.3 is 24.6 Å². The fourth-order valence-electron chi connectivity index (χ4n) is 5.22. The van der Waals surface area contributed by atoms with Crippen molar-refractivity contribution in [2.75, 3.05) is 24.5 Å². The molecule has 2 aromatic rings. The first-order valence-electron chi connectivity index (χ1n) is 10.4. The number of rotatable bonds is 4. The molecule has 166 valence electrons. The van der Waals surface area contributed by atoms with E-state index in [1.165, 1.54) is 0 Å². The van der Waals surface area contributed by atoms with Gasteiger partial charge in [0.2, 0.25) is 0 Å². The Morgan fingerprint density at radius 1 is 1.42 bits per heavy atom. The van der Waals surface area contributed by atoms with E-state index in [4.69, 9.17) is 24.1 Å². The van der Waals surface area contributed by atoms with Crippen molar-refractivity contribution in [3.05, 3.63) is 35.1 Å². The van der Waals surface area contributed by atoms with Gasteiger partial charge in [0.05, 0.1) is 23.1 Å². The molecule has 2 bridgehead atoms. The first-order valence-corrected chi connectivity index (χ1v) is 10.4. The summed E-state index contributed by atoms with van der Waals surface area (Å²) < 4.78 is 11.5. The molecule has 3 saturated heterocycles. The zero-order valence-electron chi connectivity index (χ0n) is 17.9. The summed E-state index contributed by atoms with van der Waals surface area (Å²) in [5, 5.41) is 13.7. The second-order valence-electron chi connectivity index (χ2n) is 8.47. The molecule has 5 rings (SSSR count). The second kappa shape index (κ2) is 8.26. The number of carbonyl (C=O) groups excluding carboxylic acids is 1. The van der Waals surface area contributed by atoms with E-state index in [0.29, 0.717) is 29.8 Å². The van der Waals surface area contributed by atoms with Crippen molar-refractivity contribution >= 4 is 18.2 Å². The monoisotopic (exact) mass is 429 g/mol. The first kappa shape index (κ1) is 21.2. The Bertz CT molecular complexity index is 979. The van der Waals surface area contributed by atoms with E-state index in [1.807, 2.05) is 13.8 Å². The van der Waals surface area contributed by atoms with E-state index in [2.05, 4.69) is 20.4 Å². The third kappa shape index (κ3) is 3.87. The summed E-state index contributed by atoms with van der Waals surface area (Å²) in [5.41, 5.74) is 2.08. The van der Waals surface area contributed by atoms with Gasteiger partial charge in [0.15, 0.2) is 5.69 Å². The number of hydrogen-bond acceptors (Lipinski definition) is 8. The van der Waals surface area contributed by atoms with Gasteiger partial charge in [-0.3, -0.25) is 14.6 Å². The van der Waals surface area contributed by atoms with Crippen LogP contribution in [0.25, 0.3) is 0 Å². The van der Waals surface area contributed by atoms with Crippen molar-refractivity contribution in [2.45, 2.75) is 45.3 Å². The van der Waals surface area contributed by atoms with E-state index in [0.717, 1.165) is 43.1 Å². The maximum absolute atomic E-state index is 12.4. The standard InChI is InChI=1S/C20H25N5O3.CH2O2/c1-11-7-21-13(3)18(23-11)25-9-15-14(17-4-5-20(15,10-25)27-17)8-22-19(26)16-6-12(2)28-24-16;2-1-3/h6-7,14-15,17H,4-5,8-10H2,1-3H3,(H,22,26);1H,(H,2,3)/t14-,15+,17+,20+;/m0./s1. The molecule has 31 heavy (non-hydrogen) atoms. The lowest BCUT2D eigenvalue weighted by Crippen LogP contribution is -2.42. The molecule has 10 nitrogen and oxygen atoms in total. The Morgan fingerprint density at radius 2 is 2.19 bits per heavy atom. The Hall–Kier alpha value is -3.01. The molecule has 0 aromatic carbocycles. The first-order chi connectivity index (χ1) is 14.9. The fraction of sp³-hybridized carbons (Fsp3) is 0.571. The molecule has 1 spiro atoms. The van der Waals surface area contributed by atoms with Crippen molar-refractivity contribution < 1.29 is 24.0 Å². The normalized spacial score (nSPS) is 28.1. The average Bonchev–Trinajstić information content (AvgIpc) is 3.49. The van der Waals surface area contributed by atoms with Crippen LogP contribution in [0.2, 0.25) is 0 Å². The molecule has 2 N–H and O–H groups in total. The van der Waals surface area contributed by atoms with Gasteiger partial charge in [-0.25, -0.2) is 4.98 Å². The van der Waals surface area contributed by atoms with Crippen LogP contribution in [0.1, 0.15) is 40.5 Å². The number of amides is 1. The number of aryl methyl sites for hydroxylation is 3. The van der Waals surface area contributed by atoms with Gasteiger partial charge in [-0.05, 0) is 33.6 Å². The van der Waals surface area contributed by atoms with Crippen molar-refractivity contribution in [3.63, 3.8) is 0 Å². The highest BCUT2D eigenvalue weighted by Crippen LogP contribution is 2.55. The number of carboxylic acid groups (broad SMARTS) is 1. The molecule has 0 radical (unpaired) electrons. The Kier molecular flexibility index (Phi) is 5.65. The third-order valence-corrected chi connectivity index (χ3v) is 6.49. The minimum Gasteiger partial charge on any atom is -0.483 e. The van der Waals surface area contributed by atoms with Gasteiger partial charge in [0, 0.05) is 43.7 Å². The van der Waals surface area contributed by atoms with Gasteiger partial charge in [-0.2, -0.15) is 0 Å². The predicted molar refractivity (Wildman–Crippen MR) is 110 cm³/mol. The van der Waals surface area contributed by atoms with Gasteiger partial charge in [0.25, 0.3) is 12.4 Å². The van der Waals surface area contributed by atoms with Crippen LogP contribution in [-0.2, 0) is 9.53 Å². The number of nitrogens with zero attached hydrogens (tertiary/aromatic N) is 4. The van der Waals surface area contributed by atoms with Gasteiger partial charge >= 0.3 is 0 Å². The van der Waals surface area contributed by atoms with Crippen molar-refractivity contribution in [2.24, 2.45) is 11.8 Å². The van der Waals surface area contributed by atoms with Gasteiger partial charge in [-0.15, -0.1) is 0 Å². The summed E-state index contributed by atoms with van der Waals surface area (Å²) in [5.74, 6) is 2.08. The van der Waals surface area contributed by atoms with Crippen LogP contribution in [0.3, 0.4) is 0 Å². The molecule has 3 fully saturated rings. The summed E-state index contributed by atoms with van der Waals surface area (Å²) in [4.78, 5) is 32.2. The minimum absolute atomic E-state index is 0.123. The van der Waals surface area contributed by atoms with Crippen LogP contribution >= 0.6 is 0 Å². The molecule has 0 aliphatic carbocycles. The van der Waals surface area contributed by atoms with Gasteiger partial charge in [-0.1, -0.05) is 5.16 Å². The summed E-state index contributed by atoms with van der Waals surface area (Å²) in [6.45, 7) is 7.83. The third-order valence-electron chi connectivity index (χ3n) is 6.49.